The zero-order valence-electron chi connectivity index (χ0n) is 13.0. The molecule has 0 unspecified atom stereocenters. The molecule has 1 aromatic rings. The van der Waals surface area contributed by atoms with Gasteiger partial charge in [0.1, 0.15) is 0 Å². The van der Waals surface area contributed by atoms with Crippen LogP contribution >= 0.6 is 0 Å². The molecule has 0 atom stereocenters. The van der Waals surface area contributed by atoms with Crippen molar-refractivity contribution in [3.8, 4) is 0 Å². The molecule has 1 aliphatic heterocycles. The summed E-state index contributed by atoms with van der Waals surface area (Å²) in [7, 11) is -3.36. The Balaban J connectivity index is 2.16. The van der Waals surface area contributed by atoms with E-state index in [0.29, 0.717) is 30.4 Å². The minimum Gasteiger partial charge on any atom is -0.326 e. The molecule has 2 rings (SSSR count). The molecule has 0 radical (unpaired) electrons. The third-order valence-corrected chi connectivity index (χ3v) is 6.42. The smallest absolute Gasteiger partial charge is 0.243 e. The molecule has 5 heteroatoms. The first-order valence-corrected chi connectivity index (χ1v) is 9.22. The Hall–Kier alpha value is -0.910. The van der Waals surface area contributed by atoms with Crippen LogP contribution in [0.2, 0.25) is 0 Å². The SMILES string of the molecule is CCCC1CCN(S(=O)(=O)c2ccc(CN)cc2C)CC1. The van der Waals surface area contributed by atoms with Crippen molar-refractivity contribution in [1.82, 2.24) is 4.31 Å². The third-order valence-electron chi connectivity index (χ3n) is 4.36. The van der Waals surface area contributed by atoms with E-state index in [9.17, 15) is 8.42 Å². The number of nitrogens with two attached hydrogens (primary N) is 1. The Morgan fingerprint density at radius 3 is 2.48 bits per heavy atom. The van der Waals surface area contributed by atoms with Crippen molar-refractivity contribution in [2.75, 3.05) is 13.1 Å². The Kier molecular flexibility index (Phi) is 5.41. The van der Waals surface area contributed by atoms with E-state index >= 15 is 0 Å². The Labute approximate surface area is 128 Å². The average Bonchev–Trinajstić information content (AvgIpc) is 2.47. The Morgan fingerprint density at radius 1 is 1.29 bits per heavy atom. The van der Waals surface area contributed by atoms with Crippen molar-refractivity contribution >= 4 is 10.0 Å². The number of sulfonamides is 1. The summed E-state index contributed by atoms with van der Waals surface area (Å²) in [5, 5.41) is 0. The van der Waals surface area contributed by atoms with Gasteiger partial charge >= 0.3 is 0 Å². The number of nitrogens with zero attached hydrogens (tertiary/aromatic N) is 1. The lowest BCUT2D eigenvalue weighted by molar-refractivity contribution is 0.262. The maximum Gasteiger partial charge on any atom is 0.243 e. The molecule has 1 aromatic carbocycles. The minimum absolute atomic E-state index is 0.425. The first kappa shape index (κ1) is 16.5. The van der Waals surface area contributed by atoms with Crippen LogP contribution < -0.4 is 5.73 Å². The molecule has 1 fully saturated rings. The van der Waals surface area contributed by atoms with Crippen LogP contribution in [0.25, 0.3) is 0 Å². The monoisotopic (exact) mass is 310 g/mol. The van der Waals surface area contributed by atoms with Gasteiger partial charge in [-0.1, -0.05) is 31.9 Å². The summed E-state index contributed by atoms with van der Waals surface area (Å²) in [6, 6.07) is 5.38. The van der Waals surface area contributed by atoms with Crippen molar-refractivity contribution in [2.45, 2.75) is 51.0 Å². The molecule has 0 saturated carbocycles. The number of piperidine rings is 1. The van der Waals surface area contributed by atoms with Crippen LogP contribution in [0.4, 0.5) is 0 Å². The molecule has 21 heavy (non-hydrogen) atoms. The van der Waals surface area contributed by atoms with Crippen LogP contribution in [-0.4, -0.2) is 25.8 Å². The standard InChI is InChI=1S/C16H26N2O2S/c1-3-4-14-7-9-18(10-8-14)21(19,20)16-6-5-15(12-17)11-13(16)2/h5-6,11,14H,3-4,7-10,12,17H2,1-2H3. The van der Waals surface area contributed by atoms with Gasteiger partial charge < -0.3 is 5.73 Å². The molecule has 118 valence electrons. The van der Waals surface area contributed by atoms with Gasteiger partial charge in [0.2, 0.25) is 10.0 Å². The fourth-order valence-electron chi connectivity index (χ4n) is 3.11. The van der Waals surface area contributed by atoms with Gasteiger partial charge in [-0.2, -0.15) is 4.31 Å². The summed E-state index contributed by atoms with van der Waals surface area (Å²) >= 11 is 0. The van der Waals surface area contributed by atoms with Gasteiger partial charge in [0, 0.05) is 19.6 Å². The highest BCUT2D eigenvalue weighted by Gasteiger charge is 2.29. The molecule has 1 saturated heterocycles. The molecule has 0 amide bonds. The first-order chi connectivity index (χ1) is 9.98. The third kappa shape index (κ3) is 3.65. The van der Waals surface area contributed by atoms with Gasteiger partial charge in [0.05, 0.1) is 4.90 Å². The normalized spacial score (nSPS) is 18.0. The highest BCUT2D eigenvalue weighted by atomic mass is 32.2. The second-order valence-corrected chi connectivity index (χ2v) is 7.85. The molecule has 4 nitrogen and oxygen atoms in total. The van der Waals surface area contributed by atoms with Gasteiger partial charge in [0.15, 0.2) is 0 Å². The van der Waals surface area contributed by atoms with Crippen molar-refractivity contribution in [1.29, 1.82) is 0 Å². The van der Waals surface area contributed by atoms with Crippen molar-refractivity contribution in [3.05, 3.63) is 29.3 Å². The number of hydrogen-bond donors (Lipinski definition) is 1. The van der Waals surface area contributed by atoms with Crippen molar-refractivity contribution in [3.63, 3.8) is 0 Å². The van der Waals surface area contributed by atoms with E-state index in [2.05, 4.69) is 6.92 Å². The lowest BCUT2D eigenvalue weighted by atomic mass is 9.94. The highest BCUT2D eigenvalue weighted by molar-refractivity contribution is 7.89. The van der Waals surface area contributed by atoms with E-state index in [-0.39, 0.29) is 0 Å². The van der Waals surface area contributed by atoms with E-state index in [1.807, 2.05) is 19.1 Å². The molecular formula is C16H26N2O2S. The fraction of sp³-hybridized carbons (Fsp3) is 0.625. The quantitative estimate of drug-likeness (QED) is 0.909. The van der Waals surface area contributed by atoms with E-state index < -0.39 is 10.0 Å². The number of benzene rings is 1. The van der Waals surface area contributed by atoms with Gasteiger partial charge in [-0.15, -0.1) is 0 Å². The van der Waals surface area contributed by atoms with Crippen LogP contribution in [-0.2, 0) is 16.6 Å². The maximum atomic E-state index is 12.8. The highest BCUT2D eigenvalue weighted by Crippen LogP contribution is 2.27. The molecular weight excluding hydrogens is 284 g/mol. The largest absolute Gasteiger partial charge is 0.326 e. The molecule has 1 heterocycles. The van der Waals surface area contributed by atoms with Crippen LogP contribution in [0.3, 0.4) is 0 Å². The fourth-order valence-corrected chi connectivity index (χ4v) is 4.79. The zero-order valence-corrected chi connectivity index (χ0v) is 13.8. The molecule has 1 aliphatic rings. The summed E-state index contributed by atoms with van der Waals surface area (Å²) < 4.78 is 27.2. The maximum absolute atomic E-state index is 12.8. The van der Waals surface area contributed by atoms with Crippen LogP contribution in [0.15, 0.2) is 23.1 Å². The average molecular weight is 310 g/mol. The lowest BCUT2D eigenvalue weighted by Gasteiger charge is -2.31. The van der Waals surface area contributed by atoms with Crippen LogP contribution in [0, 0.1) is 12.8 Å². The van der Waals surface area contributed by atoms with E-state index in [4.69, 9.17) is 5.73 Å². The second-order valence-electron chi connectivity index (χ2n) is 5.94. The molecule has 0 spiro atoms. The molecule has 2 N–H and O–H groups in total. The van der Waals surface area contributed by atoms with Crippen molar-refractivity contribution < 1.29 is 8.42 Å². The predicted molar refractivity (Wildman–Crippen MR) is 85.5 cm³/mol. The molecule has 0 bridgehead atoms. The summed E-state index contributed by atoms with van der Waals surface area (Å²) in [6.07, 6.45) is 4.34. The topological polar surface area (TPSA) is 63.4 Å². The van der Waals surface area contributed by atoms with Gasteiger partial charge in [-0.25, -0.2) is 8.42 Å². The van der Waals surface area contributed by atoms with Crippen molar-refractivity contribution in [2.24, 2.45) is 11.7 Å². The van der Waals surface area contributed by atoms with Crippen LogP contribution in [0.1, 0.15) is 43.7 Å². The zero-order chi connectivity index (χ0) is 15.5. The molecule has 0 aromatic heterocycles. The van der Waals surface area contributed by atoms with Gasteiger partial charge in [-0.05, 0) is 42.9 Å². The predicted octanol–water partition coefficient (Wildman–Crippen LogP) is 2.65. The summed E-state index contributed by atoms with van der Waals surface area (Å²) in [5.74, 6) is 0.683. The van der Waals surface area contributed by atoms with Gasteiger partial charge in [-0.3, -0.25) is 0 Å². The van der Waals surface area contributed by atoms with E-state index in [0.717, 1.165) is 24.0 Å². The number of aryl methyl sites for hydroxylation is 1. The van der Waals surface area contributed by atoms with E-state index in [1.54, 1.807) is 10.4 Å². The summed E-state index contributed by atoms with van der Waals surface area (Å²) in [4.78, 5) is 0.425. The number of hydrogen-bond acceptors (Lipinski definition) is 3. The Bertz CT molecular complexity index is 576. The Morgan fingerprint density at radius 2 is 1.95 bits per heavy atom. The lowest BCUT2D eigenvalue weighted by Crippen LogP contribution is -2.38. The second kappa shape index (κ2) is 6.90. The molecule has 0 aliphatic carbocycles. The minimum atomic E-state index is -3.36. The number of rotatable bonds is 5. The summed E-state index contributed by atoms with van der Waals surface area (Å²) in [5.41, 5.74) is 7.36. The van der Waals surface area contributed by atoms with E-state index in [1.165, 1.54) is 12.8 Å². The van der Waals surface area contributed by atoms with Gasteiger partial charge in [0.25, 0.3) is 0 Å². The summed E-state index contributed by atoms with van der Waals surface area (Å²) in [6.45, 7) is 5.75. The van der Waals surface area contributed by atoms with Crippen LogP contribution in [0.5, 0.6) is 0 Å². The first-order valence-electron chi connectivity index (χ1n) is 7.78.